The van der Waals surface area contributed by atoms with Gasteiger partial charge in [0.05, 0.1) is 19.1 Å². The molecule has 0 radical (unpaired) electrons. The normalized spacial score (nSPS) is 16.4. The molecule has 1 aromatic carbocycles. The second-order valence-corrected chi connectivity index (χ2v) is 8.72. The third-order valence-electron chi connectivity index (χ3n) is 4.59. The number of aryl methyl sites for hydroxylation is 1. The van der Waals surface area contributed by atoms with Crippen molar-refractivity contribution in [2.75, 3.05) is 24.2 Å². The van der Waals surface area contributed by atoms with Crippen LogP contribution < -0.4 is 9.62 Å². The Bertz CT molecular complexity index is 806. The van der Waals surface area contributed by atoms with Gasteiger partial charge in [-0.3, -0.25) is 9.10 Å². The van der Waals surface area contributed by atoms with Gasteiger partial charge in [0, 0.05) is 12.1 Å². The first-order valence-corrected chi connectivity index (χ1v) is 10.5. The monoisotopic (exact) mass is 382 g/mol. The molecular formula is C18H26N2O5S. The molecule has 0 spiro atoms. The summed E-state index contributed by atoms with van der Waals surface area (Å²) in [4.78, 5) is 24.7. The molecular weight excluding hydrogens is 356 g/mol. The lowest BCUT2D eigenvalue weighted by Gasteiger charge is -2.30. The molecule has 144 valence electrons. The summed E-state index contributed by atoms with van der Waals surface area (Å²) in [6.45, 7) is 4.00. The van der Waals surface area contributed by atoms with E-state index in [1.165, 1.54) is 17.7 Å². The minimum Gasteiger partial charge on any atom is -0.467 e. The fourth-order valence-corrected chi connectivity index (χ4v) is 4.31. The van der Waals surface area contributed by atoms with Gasteiger partial charge in [0.1, 0.15) is 5.54 Å². The first-order chi connectivity index (χ1) is 12.1. The Hall–Kier alpha value is -2.09. The molecule has 26 heavy (non-hydrogen) atoms. The topological polar surface area (TPSA) is 92.8 Å². The molecule has 8 heteroatoms. The molecule has 1 amide bonds. The molecule has 1 aliphatic heterocycles. The van der Waals surface area contributed by atoms with Gasteiger partial charge < -0.3 is 10.1 Å². The van der Waals surface area contributed by atoms with Crippen LogP contribution in [-0.4, -0.2) is 45.7 Å². The highest BCUT2D eigenvalue weighted by atomic mass is 32.2. The predicted molar refractivity (Wildman–Crippen MR) is 99.7 cm³/mol. The van der Waals surface area contributed by atoms with Gasteiger partial charge in [-0.05, 0) is 49.9 Å². The minimum absolute atomic E-state index is 0.384. The Morgan fingerprint density at radius 1 is 1.35 bits per heavy atom. The van der Waals surface area contributed by atoms with Crippen LogP contribution in [0.4, 0.5) is 5.69 Å². The number of carbonyl (C=O) groups is 2. The van der Waals surface area contributed by atoms with Gasteiger partial charge >= 0.3 is 5.97 Å². The van der Waals surface area contributed by atoms with Gasteiger partial charge in [-0.25, -0.2) is 13.2 Å². The van der Waals surface area contributed by atoms with Crippen LogP contribution in [0.5, 0.6) is 0 Å². The highest BCUT2D eigenvalue weighted by molar-refractivity contribution is 7.92. The number of nitrogens with one attached hydrogen (secondary N) is 1. The van der Waals surface area contributed by atoms with E-state index < -0.39 is 21.5 Å². The number of amides is 1. The van der Waals surface area contributed by atoms with Gasteiger partial charge in [0.25, 0.3) is 5.91 Å². The van der Waals surface area contributed by atoms with E-state index >= 15 is 0 Å². The fourth-order valence-electron chi connectivity index (χ4n) is 3.31. The Morgan fingerprint density at radius 2 is 2.04 bits per heavy atom. The minimum atomic E-state index is -3.35. The van der Waals surface area contributed by atoms with Crippen LogP contribution >= 0.6 is 0 Å². The number of hydrogen-bond donors (Lipinski definition) is 1. The number of methoxy groups -OCH3 is 1. The molecule has 7 nitrogen and oxygen atoms in total. The second-order valence-electron chi connectivity index (χ2n) is 6.81. The average Bonchev–Trinajstić information content (AvgIpc) is 2.59. The van der Waals surface area contributed by atoms with Crippen LogP contribution in [-0.2, 0) is 26.0 Å². The van der Waals surface area contributed by atoms with Gasteiger partial charge in [-0.15, -0.1) is 0 Å². The van der Waals surface area contributed by atoms with E-state index in [0.29, 0.717) is 43.5 Å². The lowest BCUT2D eigenvalue weighted by molar-refractivity contribution is -0.147. The van der Waals surface area contributed by atoms with Crippen molar-refractivity contribution in [2.45, 2.75) is 45.1 Å². The SMILES string of the molecule is CCC[C@](C)(NC(=O)c1ccc2c(c1)CCCN2S(C)(=O)=O)C(=O)OC. The number of anilines is 1. The smallest absolute Gasteiger partial charge is 0.331 e. The van der Waals surface area contributed by atoms with Crippen LogP contribution in [0.25, 0.3) is 0 Å². The molecule has 1 aliphatic rings. The highest BCUT2D eigenvalue weighted by Gasteiger charge is 2.35. The van der Waals surface area contributed by atoms with E-state index in [1.807, 2.05) is 6.92 Å². The maximum atomic E-state index is 12.7. The van der Waals surface area contributed by atoms with Crippen molar-refractivity contribution in [2.24, 2.45) is 0 Å². The molecule has 1 N–H and O–H groups in total. The Balaban J connectivity index is 2.30. The van der Waals surface area contributed by atoms with Crippen LogP contribution in [0.15, 0.2) is 18.2 Å². The van der Waals surface area contributed by atoms with Crippen LogP contribution in [0.1, 0.15) is 49.0 Å². The van der Waals surface area contributed by atoms with Crippen molar-refractivity contribution in [3.8, 4) is 0 Å². The largest absolute Gasteiger partial charge is 0.467 e. The molecule has 1 heterocycles. The predicted octanol–water partition coefficient (Wildman–Crippen LogP) is 1.86. The maximum absolute atomic E-state index is 12.7. The molecule has 0 bridgehead atoms. The van der Waals surface area contributed by atoms with Crippen molar-refractivity contribution < 1.29 is 22.7 Å². The third kappa shape index (κ3) is 4.17. The molecule has 0 saturated carbocycles. The fraction of sp³-hybridized carbons (Fsp3) is 0.556. The lowest BCUT2D eigenvalue weighted by atomic mass is 9.95. The summed E-state index contributed by atoms with van der Waals surface area (Å²) >= 11 is 0. The zero-order valence-corrected chi connectivity index (χ0v) is 16.5. The zero-order valence-electron chi connectivity index (χ0n) is 15.7. The van der Waals surface area contributed by atoms with E-state index in [4.69, 9.17) is 4.74 Å². The van der Waals surface area contributed by atoms with Gasteiger partial charge in [-0.1, -0.05) is 13.3 Å². The van der Waals surface area contributed by atoms with Gasteiger partial charge in [-0.2, -0.15) is 0 Å². The first kappa shape index (κ1) is 20.2. The number of fused-ring (bicyclic) bond motifs is 1. The molecule has 0 aliphatic carbocycles. The number of rotatable bonds is 6. The quantitative estimate of drug-likeness (QED) is 0.758. The summed E-state index contributed by atoms with van der Waals surface area (Å²) < 4.78 is 30.0. The summed E-state index contributed by atoms with van der Waals surface area (Å²) in [5.41, 5.74) is 0.712. The van der Waals surface area contributed by atoms with E-state index in [9.17, 15) is 18.0 Å². The molecule has 1 aromatic rings. The van der Waals surface area contributed by atoms with Gasteiger partial charge in [0.2, 0.25) is 10.0 Å². The van der Waals surface area contributed by atoms with Crippen molar-refractivity contribution >= 4 is 27.6 Å². The number of ether oxygens (including phenoxy) is 1. The summed E-state index contributed by atoms with van der Waals surface area (Å²) in [6.07, 6.45) is 3.74. The summed E-state index contributed by atoms with van der Waals surface area (Å²) in [5, 5.41) is 2.76. The molecule has 2 rings (SSSR count). The number of hydrogen-bond acceptors (Lipinski definition) is 5. The van der Waals surface area contributed by atoms with E-state index in [-0.39, 0.29) is 5.91 Å². The highest BCUT2D eigenvalue weighted by Crippen LogP contribution is 2.30. The van der Waals surface area contributed by atoms with Crippen LogP contribution in [0.2, 0.25) is 0 Å². The maximum Gasteiger partial charge on any atom is 0.331 e. The molecule has 0 saturated heterocycles. The van der Waals surface area contributed by atoms with Crippen LogP contribution in [0.3, 0.4) is 0 Å². The Kier molecular flexibility index (Phi) is 5.95. The van der Waals surface area contributed by atoms with Gasteiger partial charge in [0.15, 0.2) is 0 Å². The molecule has 0 fully saturated rings. The Labute approximate surface area is 154 Å². The van der Waals surface area contributed by atoms with Crippen molar-refractivity contribution in [1.82, 2.24) is 5.32 Å². The van der Waals surface area contributed by atoms with E-state index in [0.717, 1.165) is 5.56 Å². The van der Waals surface area contributed by atoms with E-state index in [2.05, 4.69) is 5.32 Å². The van der Waals surface area contributed by atoms with Crippen LogP contribution in [0, 0.1) is 0 Å². The Morgan fingerprint density at radius 3 is 2.62 bits per heavy atom. The number of sulfonamides is 1. The molecule has 0 aromatic heterocycles. The number of carbonyl (C=O) groups excluding carboxylic acids is 2. The zero-order chi connectivity index (χ0) is 19.5. The first-order valence-electron chi connectivity index (χ1n) is 8.64. The standard InChI is InChI=1S/C18H26N2O5S/c1-5-10-18(2,17(22)25-3)19-16(21)14-8-9-15-13(12-14)7-6-11-20(15)26(4,23)24/h8-9,12H,5-7,10-11H2,1-4H3,(H,19,21)/t18-/m0/s1. The van der Waals surface area contributed by atoms with Crippen molar-refractivity contribution in [3.63, 3.8) is 0 Å². The summed E-state index contributed by atoms with van der Waals surface area (Å²) in [6, 6.07) is 4.94. The van der Waals surface area contributed by atoms with E-state index in [1.54, 1.807) is 25.1 Å². The summed E-state index contributed by atoms with van der Waals surface area (Å²) in [5.74, 6) is -0.875. The number of nitrogens with zero attached hydrogens (tertiary/aromatic N) is 1. The molecule has 0 unspecified atom stereocenters. The van der Waals surface area contributed by atoms with Crippen molar-refractivity contribution in [3.05, 3.63) is 29.3 Å². The number of esters is 1. The number of benzene rings is 1. The second kappa shape index (κ2) is 7.65. The average molecular weight is 382 g/mol. The lowest BCUT2D eigenvalue weighted by Crippen LogP contribution is -2.52. The third-order valence-corrected chi connectivity index (χ3v) is 5.77. The van der Waals surface area contributed by atoms with Crippen molar-refractivity contribution in [1.29, 1.82) is 0 Å². The molecule has 1 atom stereocenters. The summed E-state index contributed by atoms with van der Waals surface area (Å²) in [7, 11) is -2.06.